The van der Waals surface area contributed by atoms with Crippen molar-refractivity contribution in [1.82, 2.24) is 5.01 Å². The number of nitrogens with one attached hydrogen (secondary N) is 1. The Kier molecular flexibility index (Phi) is 4.83. The number of aliphatic hydroxyl groups excluding tert-OH is 1. The molecule has 1 fully saturated rings. The molecule has 0 radical (unpaired) electrons. The molecule has 1 saturated heterocycles. The maximum Gasteiger partial charge on any atom is 0.269 e. The van der Waals surface area contributed by atoms with Gasteiger partial charge in [-0.05, 0) is 24.3 Å². The maximum absolute atomic E-state index is 13.2. The Morgan fingerprint density at radius 2 is 1.69 bits per heavy atom. The molecule has 0 bridgehead atoms. The highest BCUT2D eigenvalue weighted by Crippen LogP contribution is 2.34. The Morgan fingerprint density at radius 1 is 1.00 bits per heavy atom. The molecule has 1 unspecified atom stereocenters. The number of benzene rings is 2. The first-order chi connectivity index (χ1) is 14.0. The van der Waals surface area contributed by atoms with Crippen LogP contribution in [-0.4, -0.2) is 45.5 Å². The number of anilines is 2. The summed E-state index contributed by atoms with van der Waals surface area (Å²) in [7, 11) is 0. The second-order valence-corrected chi connectivity index (χ2v) is 6.78. The van der Waals surface area contributed by atoms with Gasteiger partial charge in [0.05, 0.1) is 29.2 Å². The number of hydrazine groups is 1. The number of nitrogens with zero attached hydrogens (tertiary/aromatic N) is 3. The number of hydrogen-bond acceptors (Lipinski definition) is 7. The van der Waals surface area contributed by atoms with Crippen LogP contribution < -0.4 is 10.3 Å². The van der Waals surface area contributed by atoms with Crippen LogP contribution in [0.5, 0.6) is 0 Å². The van der Waals surface area contributed by atoms with E-state index < -0.39 is 28.8 Å². The summed E-state index contributed by atoms with van der Waals surface area (Å²) >= 11 is 0. The van der Waals surface area contributed by atoms with Crippen LogP contribution in [0.3, 0.4) is 0 Å². The summed E-state index contributed by atoms with van der Waals surface area (Å²) in [4.78, 5) is 37.6. The maximum atomic E-state index is 13.2. The molecule has 2 N–H and O–H groups in total. The zero-order chi connectivity index (χ0) is 20.5. The van der Waals surface area contributed by atoms with E-state index in [-0.39, 0.29) is 18.2 Å². The Bertz CT molecular complexity index is 976. The lowest BCUT2D eigenvalue weighted by atomic mass is 9.95. The molecule has 2 aliphatic heterocycles. The fourth-order valence-electron chi connectivity index (χ4n) is 3.64. The van der Waals surface area contributed by atoms with Gasteiger partial charge in [0.25, 0.3) is 11.6 Å². The quantitative estimate of drug-likeness (QED) is 0.343. The standard InChI is InChI=1S/C20H18N4O5/c25-12-16-10-11-17-18(20(27)22(19(17)26)14-4-2-1-3-5-14)23(16)21-13-6-8-15(9-7-13)24(28)29/h1-11,16-18,21,25H,12H2/t16?,17-,18+/m1/s1. The number of hydrogen-bond donors (Lipinski definition) is 2. The van der Waals surface area contributed by atoms with Crippen molar-refractivity contribution in [2.45, 2.75) is 12.1 Å². The van der Waals surface area contributed by atoms with Gasteiger partial charge in [0.1, 0.15) is 6.04 Å². The molecule has 2 aliphatic rings. The number of amides is 2. The van der Waals surface area contributed by atoms with Crippen LogP contribution in [0.25, 0.3) is 0 Å². The molecule has 4 rings (SSSR count). The van der Waals surface area contributed by atoms with E-state index in [9.17, 15) is 24.8 Å². The van der Waals surface area contributed by atoms with Gasteiger partial charge in [-0.3, -0.25) is 19.7 Å². The van der Waals surface area contributed by atoms with Gasteiger partial charge in [-0.1, -0.05) is 30.4 Å². The highest BCUT2D eigenvalue weighted by atomic mass is 16.6. The molecule has 2 aromatic carbocycles. The summed E-state index contributed by atoms with van der Waals surface area (Å²) in [6.07, 6.45) is 3.34. The summed E-state index contributed by atoms with van der Waals surface area (Å²) in [5.74, 6) is -1.44. The fourth-order valence-corrected chi connectivity index (χ4v) is 3.64. The predicted molar refractivity (Wildman–Crippen MR) is 105 cm³/mol. The molecule has 0 aromatic heterocycles. The van der Waals surface area contributed by atoms with E-state index in [1.165, 1.54) is 29.3 Å². The molecule has 0 spiro atoms. The van der Waals surface area contributed by atoms with E-state index in [0.29, 0.717) is 11.4 Å². The van der Waals surface area contributed by atoms with Crippen LogP contribution in [0.15, 0.2) is 66.7 Å². The lowest BCUT2D eigenvalue weighted by molar-refractivity contribution is -0.384. The molecule has 2 heterocycles. The number of carbonyl (C=O) groups excluding carboxylic acids is 2. The zero-order valence-electron chi connectivity index (χ0n) is 15.2. The molecule has 0 aliphatic carbocycles. The van der Waals surface area contributed by atoms with Crippen molar-refractivity contribution in [3.8, 4) is 0 Å². The highest BCUT2D eigenvalue weighted by Gasteiger charge is 2.53. The topological polar surface area (TPSA) is 116 Å². The third-order valence-electron chi connectivity index (χ3n) is 5.05. The minimum atomic E-state index is -0.847. The average Bonchev–Trinajstić information content (AvgIpc) is 2.99. The third-order valence-corrected chi connectivity index (χ3v) is 5.05. The molecule has 3 atom stereocenters. The van der Waals surface area contributed by atoms with Crippen molar-refractivity contribution in [2.75, 3.05) is 16.9 Å². The van der Waals surface area contributed by atoms with Crippen LogP contribution in [0.2, 0.25) is 0 Å². The summed E-state index contributed by atoms with van der Waals surface area (Å²) < 4.78 is 0. The largest absolute Gasteiger partial charge is 0.394 e. The monoisotopic (exact) mass is 394 g/mol. The number of nitro groups is 1. The van der Waals surface area contributed by atoms with E-state index in [1.54, 1.807) is 42.5 Å². The van der Waals surface area contributed by atoms with Gasteiger partial charge in [0.2, 0.25) is 5.91 Å². The number of non-ortho nitro benzene ring substituents is 1. The van der Waals surface area contributed by atoms with Gasteiger partial charge in [-0.15, -0.1) is 0 Å². The van der Waals surface area contributed by atoms with E-state index in [0.717, 1.165) is 4.90 Å². The van der Waals surface area contributed by atoms with Gasteiger partial charge >= 0.3 is 0 Å². The van der Waals surface area contributed by atoms with Crippen LogP contribution in [0, 0.1) is 16.0 Å². The van der Waals surface area contributed by atoms with Gasteiger partial charge in [0.15, 0.2) is 0 Å². The summed E-state index contributed by atoms with van der Waals surface area (Å²) in [5, 5.41) is 22.2. The zero-order valence-corrected chi connectivity index (χ0v) is 15.2. The Morgan fingerprint density at radius 3 is 2.31 bits per heavy atom. The van der Waals surface area contributed by atoms with Crippen LogP contribution in [0.4, 0.5) is 17.1 Å². The molecule has 9 heteroatoms. The number of para-hydroxylation sites is 1. The minimum absolute atomic E-state index is 0.0620. The number of nitro benzene ring substituents is 1. The Balaban J connectivity index is 1.66. The summed E-state index contributed by atoms with van der Waals surface area (Å²) in [6.45, 7) is -0.271. The van der Waals surface area contributed by atoms with Gasteiger partial charge in [-0.2, -0.15) is 0 Å². The van der Waals surface area contributed by atoms with Crippen LogP contribution in [0.1, 0.15) is 0 Å². The smallest absolute Gasteiger partial charge is 0.269 e. The van der Waals surface area contributed by atoms with E-state index in [4.69, 9.17) is 0 Å². The molecule has 148 valence electrons. The Hall–Kier alpha value is -3.56. The van der Waals surface area contributed by atoms with Gasteiger partial charge < -0.3 is 10.5 Å². The first kappa shape index (κ1) is 18.8. The van der Waals surface area contributed by atoms with Crippen LogP contribution in [-0.2, 0) is 9.59 Å². The van der Waals surface area contributed by atoms with E-state index in [1.807, 2.05) is 0 Å². The molecular formula is C20H18N4O5. The molecule has 2 amide bonds. The lowest BCUT2D eigenvalue weighted by Crippen LogP contribution is -2.55. The Labute approximate surface area is 166 Å². The molecule has 29 heavy (non-hydrogen) atoms. The van der Waals surface area contributed by atoms with Crippen molar-refractivity contribution in [1.29, 1.82) is 0 Å². The first-order valence-corrected chi connectivity index (χ1v) is 9.03. The van der Waals surface area contributed by atoms with Crippen LogP contribution >= 0.6 is 0 Å². The molecule has 9 nitrogen and oxygen atoms in total. The van der Waals surface area contributed by atoms with Crippen molar-refractivity contribution in [3.63, 3.8) is 0 Å². The van der Waals surface area contributed by atoms with Gasteiger partial charge in [0, 0.05) is 17.8 Å². The summed E-state index contributed by atoms with van der Waals surface area (Å²) in [6, 6.07) is 13.0. The number of rotatable bonds is 5. The predicted octanol–water partition coefficient (Wildman–Crippen LogP) is 1.71. The normalized spacial score (nSPS) is 23.9. The van der Waals surface area contributed by atoms with Crippen molar-refractivity contribution in [3.05, 3.63) is 76.9 Å². The number of fused-ring (bicyclic) bond motifs is 1. The average molecular weight is 394 g/mol. The second-order valence-electron chi connectivity index (χ2n) is 6.78. The van der Waals surface area contributed by atoms with Crippen molar-refractivity contribution in [2.24, 2.45) is 5.92 Å². The third kappa shape index (κ3) is 3.26. The highest BCUT2D eigenvalue weighted by molar-refractivity contribution is 6.24. The lowest BCUT2D eigenvalue weighted by Gasteiger charge is -2.37. The first-order valence-electron chi connectivity index (χ1n) is 9.03. The minimum Gasteiger partial charge on any atom is -0.394 e. The summed E-state index contributed by atoms with van der Waals surface area (Å²) in [5.41, 5.74) is 3.97. The van der Waals surface area contributed by atoms with E-state index in [2.05, 4.69) is 5.43 Å². The second kappa shape index (κ2) is 7.46. The SMILES string of the molecule is O=C1[C@@H]2[C@@H](C=CC(CO)N2Nc2ccc([N+](=O)[O-])cc2)C(=O)N1c1ccccc1. The fraction of sp³-hybridized carbons (Fsp3) is 0.200. The molecular weight excluding hydrogens is 376 g/mol. The number of carbonyl (C=O) groups is 2. The van der Waals surface area contributed by atoms with Gasteiger partial charge in [-0.25, -0.2) is 9.91 Å². The number of aliphatic hydroxyl groups is 1. The molecule has 0 saturated carbocycles. The van der Waals surface area contributed by atoms with E-state index >= 15 is 0 Å². The number of imide groups is 1. The molecule has 2 aromatic rings. The van der Waals surface area contributed by atoms with Crippen molar-refractivity contribution < 1.29 is 19.6 Å². The van der Waals surface area contributed by atoms with Crippen molar-refractivity contribution >= 4 is 28.9 Å².